The van der Waals surface area contributed by atoms with Gasteiger partial charge >= 0.3 is 0 Å². The van der Waals surface area contributed by atoms with Crippen LogP contribution in [0.2, 0.25) is 0 Å². The van der Waals surface area contributed by atoms with Gasteiger partial charge in [0.2, 0.25) is 5.95 Å². The van der Waals surface area contributed by atoms with Gasteiger partial charge in [-0.1, -0.05) is 32.6 Å². The van der Waals surface area contributed by atoms with Crippen LogP contribution in [0, 0.1) is 11.8 Å². The number of aromatic nitrogens is 2. The molecule has 1 aliphatic rings. The molecule has 19 heavy (non-hydrogen) atoms. The summed E-state index contributed by atoms with van der Waals surface area (Å²) in [7, 11) is 1.83. The molecule has 0 bridgehead atoms. The number of rotatable bonds is 5. The van der Waals surface area contributed by atoms with Crippen LogP contribution in [-0.4, -0.2) is 23.6 Å². The summed E-state index contributed by atoms with van der Waals surface area (Å²) >= 11 is 0. The van der Waals surface area contributed by atoms with Crippen LogP contribution >= 0.6 is 0 Å². The third-order valence-corrected chi connectivity index (χ3v) is 3.99. The van der Waals surface area contributed by atoms with E-state index in [1.165, 1.54) is 32.1 Å². The summed E-state index contributed by atoms with van der Waals surface area (Å²) in [6.45, 7) is 3.32. The van der Waals surface area contributed by atoms with E-state index in [-0.39, 0.29) is 0 Å². The summed E-state index contributed by atoms with van der Waals surface area (Å²) in [5.74, 6) is 3.65. The molecule has 0 amide bonds. The molecule has 0 radical (unpaired) electrons. The van der Waals surface area contributed by atoms with Gasteiger partial charge in [0, 0.05) is 19.7 Å². The van der Waals surface area contributed by atoms with Crippen molar-refractivity contribution in [1.29, 1.82) is 0 Å². The molecule has 0 aliphatic heterocycles. The molecule has 2 rings (SSSR count). The first kappa shape index (κ1) is 13.9. The van der Waals surface area contributed by atoms with Crippen molar-refractivity contribution in [2.24, 2.45) is 11.8 Å². The SMILES string of the molecule is CNc1cc(NCCC2CCC(C)CC2)nc(N)n1. The first-order valence-corrected chi connectivity index (χ1v) is 7.23. The Kier molecular flexibility index (Phi) is 4.82. The van der Waals surface area contributed by atoms with Crippen LogP contribution < -0.4 is 16.4 Å². The number of nitrogens with one attached hydrogen (secondary N) is 2. The van der Waals surface area contributed by atoms with Gasteiger partial charge in [-0.3, -0.25) is 0 Å². The topological polar surface area (TPSA) is 75.9 Å². The zero-order valence-corrected chi connectivity index (χ0v) is 11.9. The van der Waals surface area contributed by atoms with Gasteiger partial charge in [0.15, 0.2) is 0 Å². The van der Waals surface area contributed by atoms with Gasteiger partial charge in [-0.2, -0.15) is 9.97 Å². The van der Waals surface area contributed by atoms with E-state index in [0.717, 1.165) is 30.0 Å². The second kappa shape index (κ2) is 6.59. The van der Waals surface area contributed by atoms with Crippen molar-refractivity contribution in [3.8, 4) is 0 Å². The minimum absolute atomic E-state index is 0.306. The Morgan fingerprint density at radius 1 is 1.21 bits per heavy atom. The molecule has 0 aromatic carbocycles. The van der Waals surface area contributed by atoms with Crippen molar-refractivity contribution in [2.45, 2.75) is 39.0 Å². The molecular formula is C14H25N5. The van der Waals surface area contributed by atoms with Gasteiger partial charge in [0.1, 0.15) is 11.6 Å². The van der Waals surface area contributed by atoms with E-state index in [9.17, 15) is 0 Å². The van der Waals surface area contributed by atoms with E-state index in [2.05, 4.69) is 27.5 Å². The van der Waals surface area contributed by atoms with Crippen molar-refractivity contribution in [3.05, 3.63) is 6.07 Å². The molecule has 1 aromatic rings. The number of anilines is 3. The van der Waals surface area contributed by atoms with Crippen LogP contribution in [0.1, 0.15) is 39.0 Å². The molecule has 1 aliphatic carbocycles. The van der Waals surface area contributed by atoms with E-state index in [0.29, 0.717) is 5.95 Å². The average Bonchev–Trinajstić information content (AvgIpc) is 2.40. The predicted octanol–water partition coefficient (Wildman–Crippen LogP) is 2.73. The molecule has 5 heteroatoms. The molecule has 0 unspecified atom stereocenters. The second-order valence-corrected chi connectivity index (χ2v) is 5.59. The minimum Gasteiger partial charge on any atom is -0.373 e. The van der Waals surface area contributed by atoms with Crippen LogP contribution in [0.15, 0.2) is 6.07 Å². The van der Waals surface area contributed by atoms with Crippen molar-refractivity contribution in [2.75, 3.05) is 30.0 Å². The van der Waals surface area contributed by atoms with Gasteiger partial charge in [-0.05, 0) is 18.3 Å². The largest absolute Gasteiger partial charge is 0.373 e. The maximum absolute atomic E-state index is 5.66. The number of nitrogens with two attached hydrogens (primary N) is 1. The molecule has 0 saturated heterocycles. The highest BCUT2D eigenvalue weighted by Crippen LogP contribution is 2.30. The summed E-state index contributed by atoms with van der Waals surface area (Å²) in [5.41, 5.74) is 5.66. The van der Waals surface area contributed by atoms with Crippen molar-refractivity contribution < 1.29 is 0 Å². The molecule has 0 spiro atoms. The number of nitrogen functional groups attached to an aromatic ring is 1. The zero-order valence-electron chi connectivity index (χ0n) is 11.9. The van der Waals surface area contributed by atoms with Crippen LogP contribution in [0.5, 0.6) is 0 Å². The lowest BCUT2D eigenvalue weighted by Gasteiger charge is -2.26. The van der Waals surface area contributed by atoms with Gasteiger partial charge in [0.05, 0.1) is 0 Å². The van der Waals surface area contributed by atoms with Crippen molar-refractivity contribution in [3.63, 3.8) is 0 Å². The summed E-state index contributed by atoms with van der Waals surface area (Å²) in [5, 5.41) is 6.33. The van der Waals surface area contributed by atoms with Crippen molar-refractivity contribution in [1.82, 2.24) is 9.97 Å². The fourth-order valence-corrected chi connectivity index (χ4v) is 2.71. The van der Waals surface area contributed by atoms with E-state index >= 15 is 0 Å². The van der Waals surface area contributed by atoms with E-state index < -0.39 is 0 Å². The summed E-state index contributed by atoms with van der Waals surface area (Å²) < 4.78 is 0. The van der Waals surface area contributed by atoms with E-state index in [1.807, 2.05) is 13.1 Å². The van der Waals surface area contributed by atoms with Crippen molar-refractivity contribution >= 4 is 17.6 Å². The van der Waals surface area contributed by atoms with Gasteiger partial charge in [0.25, 0.3) is 0 Å². The highest BCUT2D eigenvalue weighted by Gasteiger charge is 2.17. The Labute approximate surface area is 115 Å². The molecule has 4 N–H and O–H groups in total. The summed E-state index contributed by atoms with van der Waals surface area (Å²) in [6, 6.07) is 1.89. The summed E-state index contributed by atoms with van der Waals surface area (Å²) in [6.07, 6.45) is 6.72. The fourth-order valence-electron chi connectivity index (χ4n) is 2.71. The molecule has 5 nitrogen and oxygen atoms in total. The van der Waals surface area contributed by atoms with Crippen LogP contribution in [0.3, 0.4) is 0 Å². The maximum Gasteiger partial charge on any atom is 0.223 e. The predicted molar refractivity (Wildman–Crippen MR) is 80.2 cm³/mol. The third kappa shape index (κ3) is 4.26. The Bertz CT molecular complexity index is 399. The maximum atomic E-state index is 5.66. The van der Waals surface area contributed by atoms with E-state index in [4.69, 9.17) is 5.73 Å². The average molecular weight is 263 g/mol. The molecule has 1 fully saturated rings. The first-order chi connectivity index (χ1) is 9.17. The van der Waals surface area contributed by atoms with E-state index in [1.54, 1.807) is 0 Å². The lowest BCUT2D eigenvalue weighted by Crippen LogP contribution is -2.16. The highest BCUT2D eigenvalue weighted by atomic mass is 15.1. The third-order valence-electron chi connectivity index (χ3n) is 3.99. The highest BCUT2D eigenvalue weighted by molar-refractivity contribution is 5.50. The Morgan fingerprint density at radius 3 is 2.58 bits per heavy atom. The van der Waals surface area contributed by atoms with Crippen LogP contribution in [-0.2, 0) is 0 Å². The van der Waals surface area contributed by atoms with Crippen LogP contribution in [0.4, 0.5) is 17.6 Å². The number of hydrogen-bond donors (Lipinski definition) is 3. The van der Waals surface area contributed by atoms with Crippen LogP contribution in [0.25, 0.3) is 0 Å². The number of hydrogen-bond acceptors (Lipinski definition) is 5. The quantitative estimate of drug-likeness (QED) is 0.761. The fraction of sp³-hybridized carbons (Fsp3) is 0.714. The lowest BCUT2D eigenvalue weighted by atomic mass is 9.81. The molecule has 0 atom stereocenters. The standard InChI is InChI=1S/C14H25N5/c1-10-3-5-11(6-4-10)7-8-17-13-9-12(16-2)18-14(15)19-13/h9-11H,3-8H2,1-2H3,(H4,15,16,17,18,19). The minimum atomic E-state index is 0.306. The Balaban J connectivity index is 1.77. The zero-order chi connectivity index (χ0) is 13.7. The van der Waals surface area contributed by atoms with Gasteiger partial charge < -0.3 is 16.4 Å². The summed E-state index contributed by atoms with van der Waals surface area (Å²) in [4.78, 5) is 8.27. The molecule has 1 saturated carbocycles. The Morgan fingerprint density at radius 2 is 1.89 bits per heavy atom. The first-order valence-electron chi connectivity index (χ1n) is 7.23. The van der Waals surface area contributed by atoms with Gasteiger partial charge in [-0.15, -0.1) is 0 Å². The number of nitrogens with zero attached hydrogens (tertiary/aromatic N) is 2. The normalized spacial score (nSPS) is 23.1. The molecular weight excluding hydrogens is 238 g/mol. The molecule has 106 valence electrons. The molecule has 1 aromatic heterocycles. The Hall–Kier alpha value is -1.52. The monoisotopic (exact) mass is 263 g/mol. The smallest absolute Gasteiger partial charge is 0.223 e. The molecule has 1 heterocycles. The second-order valence-electron chi connectivity index (χ2n) is 5.59. The lowest BCUT2D eigenvalue weighted by molar-refractivity contribution is 0.282. The van der Waals surface area contributed by atoms with Gasteiger partial charge in [-0.25, -0.2) is 0 Å².